The molecule has 1 atom stereocenters. The van der Waals surface area contributed by atoms with Gasteiger partial charge in [-0.15, -0.1) is 0 Å². The van der Waals surface area contributed by atoms with Crippen molar-refractivity contribution < 1.29 is 9.47 Å². The second-order valence-corrected chi connectivity index (χ2v) is 5.14. The molecule has 0 aromatic rings. The Kier molecular flexibility index (Phi) is 3.65. The predicted octanol–water partition coefficient (Wildman–Crippen LogP) is 1.71. The monoisotopic (exact) mass is 213 g/mol. The van der Waals surface area contributed by atoms with E-state index in [1.54, 1.807) is 0 Å². The number of hydrogen-bond acceptors (Lipinski definition) is 3. The van der Waals surface area contributed by atoms with Crippen LogP contribution in [0.5, 0.6) is 0 Å². The van der Waals surface area contributed by atoms with Crippen LogP contribution in [0.1, 0.15) is 39.5 Å². The molecule has 2 aliphatic rings. The zero-order valence-corrected chi connectivity index (χ0v) is 9.92. The van der Waals surface area contributed by atoms with E-state index in [1.165, 1.54) is 25.7 Å². The number of morpholine rings is 1. The summed E-state index contributed by atoms with van der Waals surface area (Å²) in [4.78, 5) is 0. The van der Waals surface area contributed by atoms with Crippen molar-refractivity contribution >= 4 is 0 Å². The Morgan fingerprint density at radius 3 is 2.80 bits per heavy atom. The van der Waals surface area contributed by atoms with Gasteiger partial charge in [0.05, 0.1) is 24.4 Å². The van der Waals surface area contributed by atoms with E-state index in [0.29, 0.717) is 6.10 Å². The summed E-state index contributed by atoms with van der Waals surface area (Å²) in [7, 11) is 0. The molecule has 1 heterocycles. The standard InChI is InChI=1S/C12H23NO2/c1-10(2)14-8-11-7-13-9-12(15-11)5-3-4-6-12/h10-11,13H,3-9H2,1-2H3. The lowest BCUT2D eigenvalue weighted by Gasteiger charge is -2.39. The van der Waals surface area contributed by atoms with Gasteiger partial charge in [0.15, 0.2) is 0 Å². The number of nitrogens with one attached hydrogen (secondary N) is 1. The van der Waals surface area contributed by atoms with Crippen LogP contribution >= 0.6 is 0 Å². The average Bonchev–Trinajstić information content (AvgIpc) is 2.63. The number of hydrogen-bond donors (Lipinski definition) is 1. The molecular formula is C12H23NO2. The third-order valence-electron chi connectivity index (χ3n) is 3.37. The van der Waals surface area contributed by atoms with Crippen molar-refractivity contribution in [3.8, 4) is 0 Å². The van der Waals surface area contributed by atoms with E-state index in [4.69, 9.17) is 9.47 Å². The predicted molar refractivity (Wildman–Crippen MR) is 60.0 cm³/mol. The van der Waals surface area contributed by atoms with Crippen LogP contribution in [0.4, 0.5) is 0 Å². The third-order valence-corrected chi connectivity index (χ3v) is 3.37. The maximum absolute atomic E-state index is 6.20. The molecule has 0 aromatic heterocycles. The Morgan fingerprint density at radius 2 is 2.13 bits per heavy atom. The normalized spacial score (nSPS) is 30.2. The van der Waals surface area contributed by atoms with Crippen LogP contribution in [0.3, 0.4) is 0 Å². The summed E-state index contributed by atoms with van der Waals surface area (Å²) in [6.45, 7) is 6.84. The van der Waals surface area contributed by atoms with Gasteiger partial charge in [0.25, 0.3) is 0 Å². The molecule has 1 aliphatic carbocycles. The lowest BCUT2D eigenvalue weighted by Crippen LogP contribution is -2.53. The fourth-order valence-electron chi connectivity index (χ4n) is 2.60. The van der Waals surface area contributed by atoms with Gasteiger partial charge in [-0.25, -0.2) is 0 Å². The summed E-state index contributed by atoms with van der Waals surface area (Å²) in [5, 5.41) is 3.49. The summed E-state index contributed by atoms with van der Waals surface area (Å²) >= 11 is 0. The van der Waals surface area contributed by atoms with E-state index in [1.807, 2.05) is 0 Å². The van der Waals surface area contributed by atoms with Gasteiger partial charge >= 0.3 is 0 Å². The fourth-order valence-corrected chi connectivity index (χ4v) is 2.60. The van der Waals surface area contributed by atoms with E-state index in [2.05, 4.69) is 19.2 Å². The average molecular weight is 213 g/mol. The van der Waals surface area contributed by atoms with Crippen molar-refractivity contribution in [3.63, 3.8) is 0 Å². The highest BCUT2D eigenvalue weighted by molar-refractivity contribution is 4.93. The van der Waals surface area contributed by atoms with Gasteiger partial charge in [0, 0.05) is 13.1 Å². The minimum Gasteiger partial charge on any atom is -0.376 e. The summed E-state index contributed by atoms with van der Waals surface area (Å²) in [5.41, 5.74) is 0.142. The molecule has 1 spiro atoms. The molecule has 1 aliphatic heterocycles. The second-order valence-electron chi connectivity index (χ2n) is 5.14. The minimum absolute atomic E-state index is 0.142. The first-order chi connectivity index (χ1) is 7.20. The topological polar surface area (TPSA) is 30.5 Å². The van der Waals surface area contributed by atoms with Crippen molar-refractivity contribution in [2.45, 2.75) is 57.3 Å². The largest absolute Gasteiger partial charge is 0.376 e. The van der Waals surface area contributed by atoms with Crippen molar-refractivity contribution in [1.82, 2.24) is 5.32 Å². The van der Waals surface area contributed by atoms with E-state index in [0.717, 1.165) is 19.7 Å². The van der Waals surface area contributed by atoms with Gasteiger partial charge in [-0.3, -0.25) is 0 Å². The Bertz CT molecular complexity index is 200. The Labute approximate surface area is 92.5 Å². The van der Waals surface area contributed by atoms with Crippen molar-refractivity contribution in [2.24, 2.45) is 0 Å². The van der Waals surface area contributed by atoms with Crippen LogP contribution in [0.15, 0.2) is 0 Å². The van der Waals surface area contributed by atoms with Crippen molar-refractivity contribution in [1.29, 1.82) is 0 Å². The molecule has 0 radical (unpaired) electrons. The summed E-state index contributed by atoms with van der Waals surface area (Å²) in [6, 6.07) is 0. The van der Waals surface area contributed by atoms with Crippen LogP contribution in [-0.2, 0) is 9.47 Å². The minimum atomic E-state index is 0.142. The molecule has 0 amide bonds. The van der Waals surface area contributed by atoms with Gasteiger partial charge in [0.2, 0.25) is 0 Å². The molecule has 2 rings (SSSR count). The van der Waals surface area contributed by atoms with E-state index in [-0.39, 0.29) is 11.7 Å². The molecule has 1 saturated heterocycles. The fraction of sp³-hybridized carbons (Fsp3) is 1.00. The third kappa shape index (κ3) is 2.92. The Balaban J connectivity index is 1.81. The van der Waals surface area contributed by atoms with Gasteiger partial charge in [0.1, 0.15) is 0 Å². The molecule has 88 valence electrons. The molecular weight excluding hydrogens is 190 g/mol. The molecule has 1 unspecified atom stereocenters. The lowest BCUT2D eigenvalue weighted by molar-refractivity contribution is -0.140. The first kappa shape index (κ1) is 11.4. The van der Waals surface area contributed by atoms with Crippen LogP contribution in [-0.4, -0.2) is 37.5 Å². The number of rotatable bonds is 3. The Morgan fingerprint density at radius 1 is 1.40 bits per heavy atom. The zero-order valence-electron chi connectivity index (χ0n) is 9.92. The lowest BCUT2D eigenvalue weighted by atomic mass is 10.00. The molecule has 15 heavy (non-hydrogen) atoms. The summed E-state index contributed by atoms with van der Waals surface area (Å²) < 4.78 is 11.8. The molecule has 3 heteroatoms. The van der Waals surface area contributed by atoms with Gasteiger partial charge in [-0.1, -0.05) is 12.8 Å². The zero-order chi connectivity index (χ0) is 10.7. The quantitative estimate of drug-likeness (QED) is 0.774. The SMILES string of the molecule is CC(C)OCC1CNCC2(CCCC2)O1. The first-order valence-corrected chi connectivity index (χ1v) is 6.20. The molecule has 2 fully saturated rings. The molecule has 1 saturated carbocycles. The molecule has 1 N–H and O–H groups in total. The molecule has 0 aromatic carbocycles. The van der Waals surface area contributed by atoms with Gasteiger partial charge < -0.3 is 14.8 Å². The molecule has 3 nitrogen and oxygen atoms in total. The van der Waals surface area contributed by atoms with Crippen molar-refractivity contribution in [2.75, 3.05) is 19.7 Å². The maximum atomic E-state index is 6.20. The van der Waals surface area contributed by atoms with Crippen LogP contribution in [0, 0.1) is 0 Å². The highest BCUT2D eigenvalue weighted by Gasteiger charge is 2.39. The van der Waals surface area contributed by atoms with E-state index < -0.39 is 0 Å². The number of ether oxygens (including phenoxy) is 2. The van der Waals surface area contributed by atoms with Crippen LogP contribution in [0.2, 0.25) is 0 Å². The Hall–Kier alpha value is -0.120. The van der Waals surface area contributed by atoms with Gasteiger partial charge in [-0.2, -0.15) is 0 Å². The van der Waals surface area contributed by atoms with Gasteiger partial charge in [-0.05, 0) is 26.7 Å². The smallest absolute Gasteiger partial charge is 0.0940 e. The highest BCUT2D eigenvalue weighted by atomic mass is 16.6. The van der Waals surface area contributed by atoms with Crippen LogP contribution < -0.4 is 5.32 Å². The highest BCUT2D eigenvalue weighted by Crippen LogP contribution is 2.35. The maximum Gasteiger partial charge on any atom is 0.0940 e. The van der Waals surface area contributed by atoms with Crippen LogP contribution in [0.25, 0.3) is 0 Å². The summed E-state index contributed by atoms with van der Waals surface area (Å²) in [5.74, 6) is 0. The van der Waals surface area contributed by atoms with Crippen molar-refractivity contribution in [3.05, 3.63) is 0 Å². The van der Waals surface area contributed by atoms with E-state index >= 15 is 0 Å². The first-order valence-electron chi connectivity index (χ1n) is 6.20. The summed E-state index contributed by atoms with van der Waals surface area (Å²) in [6.07, 6.45) is 5.63. The molecule has 0 bridgehead atoms. The second kappa shape index (κ2) is 4.81. The van der Waals surface area contributed by atoms with E-state index in [9.17, 15) is 0 Å².